The maximum Gasteiger partial charge on any atom is 0.257 e. The highest BCUT2D eigenvalue weighted by Crippen LogP contribution is 2.30. The summed E-state index contributed by atoms with van der Waals surface area (Å²) < 4.78 is 11.5. The number of carbonyl (C=O) groups excluding carboxylic acids is 2. The molecule has 0 spiro atoms. The van der Waals surface area contributed by atoms with Crippen molar-refractivity contribution in [3.8, 4) is 5.75 Å². The van der Waals surface area contributed by atoms with Crippen LogP contribution < -0.4 is 10.1 Å². The lowest BCUT2D eigenvalue weighted by Crippen LogP contribution is -2.43. The number of furan rings is 1. The highest BCUT2D eigenvalue weighted by atomic mass is 32.1. The van der Waals surface area contributed by atoms with Gasteiger partial charge in [0.15, 0.2) is 5.13 Å². The first kappa shape index (κ1) is 18.5. The maximum atomic E-state index is 12.7. The van der Waals surface area contributed by atoms with Crippen LogP contribution >= 0.6 is 11.3 Å². The van der Waals surface area contributed by atoms with Gasteiger partial charge < -0.3 is 19.4 Å². The number of hydrogen-bond acceptors (Lipinski definition) is 6. The Balaban J connectivity index is 1.43. The Bertz CT molecular complexity index is 983. The van der Waals surface area contributed by atoms with Crippen molar-refractivity contribution in [2.24, 2.45) is 5.92 Å². The highest BCUT2D eigenvalue weighted by molar-refractivity contribution is 7.22. The second-order valence-corrected chi connectivity index (χ2v) is 7.70. The van der Waals surface area contributed by atoms with Crippen LogP contribution in [0.5, 0.6) is 5.75 Å². The second-order valence-electron chi connectivity index (χ2n) is 6.67. The smallest absolute Gasteiger partial charge is 0.257 e. The molecule has 1 unspecified atom stereocenters. The van der Waals surface area contributed by atoms with Crippen molar-refractivity contribution in [3.05, 3.63) is 42.4 Å². The van der Waals surface area contributed by atoms with Gasteiger partial charge in [-0.2, -0.15) is 0 Å². The predicted molar refractivity (Wildman–Crippen MR) is 107 cm³/mol. The Labute approximate surface area is 166 Å². The summed E-state index contributed by atoms with van der Waals surface area (Å²) in [6, 6.07) is 7.33. The summed E-state index contributed by atoms with van der Waals surface area (Å²) in [5, 5.41) is 3.48. The first-order valence-corrected chi connectivity index (χ1v) is 10.1. The van der Waals surface area contributed by atoms with Gasteiger partial charge in [-0.05, 0) is 44.0 Å². The van der Waals surface area contributed by atoms with E-state index in [0.717, 1.165) is 28.8 Å². The first-order chi connectivity index (χ1) is 13.6. The molecule has 0 bridgehead atoms. The molecule has 1 atom stereocenters. The van der Waals surface area contributed by atoms with Gasteiger partial charge in [-0.1, -0.05) is 11.3 Å². The molecule has 8 heteroatoms. The van der Waals surface area contributed by atoms with Crippen LogP contribution in [0.15, 0.2) is 41.2 Å². The molecule has 1 aliphatic rings. The number of nitrogens with zero attached hydrogens (tertiary/aromatic N) is 2. The van der Waals surface area contributed by atoms with Gasteiger partial charge in [0.25, 0.3) is 5.91 Å². The minimum absolute atomic E-state index is 0.102. The van der Waals surface area contributed by atoms with Crippen LogP contribution in [0.1, 0.15) is 30.1 Å². The topological polar surface area (TPSA) is 84.7 Å². The van der Waals surface area contributed by atoms with E-state index in [-0.39, 0.29) is 17.7 Å². The summed E-state index contributed by atoms with van der Waals surface area (Å²) in [5.41, 5.74) is 1.33. The molecule has 1 saturated heterocycles. The number of carbonyl (C=O) groups is 2. The molecule has 1 fully saturated rings. The van der Waals surface area contributed by atoms with E-state index in [1.54, 1.807) is 11.0 Å². The Morgan fingerprint density at radius 2 is 2.29 bits per heavy atom. The molecule has 2 amide bonds. The van der Waals surface area contributed by atoms with Crippen molar-refractivity contribution < 1.29 is 18.7 Å². The van der Waals surface area contributed by atoms with Crippen LogP contribution in [0.2, 0.25) is 0 Å². The van der Waals surface area contributed by atoms with E-state index in [1.807, 2.05) is 25.1 Å². The van der Waals surface area contributed by atoms with E-state index in [2.05, 4.69) is 10.3 Å². The number of rotatable bonds is 5. The zero-order valence-electron chi connectivity index (χ0n) is 15.5. The number of thiazole rings is 1. The lowest BCUT2D eigenvalue weighted by atomic mass is 9.97. The molecule has 4 rings (SSSR count). The van der Waals surface area contributed by atoms with Crippen LogP contribution in [0, 0.1) is 5.92 Å². The molecule has 1 N–H and O–H groups in total. The van der Waals surface area contributed by atoms with Crippen molar-refractivity contribution in [1.29, 1.82) is 0 Å². The predicted octanol–water partition coefficient (Wildman–Crippen LogP) is 3.78. The minimum atomic E-state index is -0.254. The molecule has 7 nitrogen and oxygen atoms in total. The molecule has 3 heterocycles. The lowest BCUT2D eigenvalue weighted by molar-refractivity contribution is -0.121. The lowest BCUT2D eigenvalue weighted by Gasteiger charge is -2.31. The highest BCUT2D eigenvalue weighted by Gasteiger charge is 2.29. The summed E-state index contributed by atoms with van der Waals surface area (Å²) in [5.74, 6) is 0.330. The van der Waals surface area contributed by atoms with Gasteiger partial charge in [-0.15, -0.1) is 0 Å². The zero-order chi connectivity index (χ0) is 19.5. The van der Waals surface area contributed by atoms with E-state index in [9.17, 15) is 9.59 Å². The summed E-state index contributed by atoms with van der Waals surface area (Å²) >= 11 is 1.42. The van der Waals surface area contributed by atoms with Gasteiger partial charge >= 0.3 is 0 Å². The summed E-state index contributed by atoms with van der Waals surface area (Å²) in [4.78, 5) is 31.4. The molecule has 0 aliphatic carbocycles. The number of aromatic nitrogens is 1. The minimum Gasteiger partial charge on any atom is -0.494 e. The number of likely N-dealkylation sites (tertiary alicyclic amines) is 1. The second kappa shape index (κ2) is 8.02. The van der Waals surface area contributed by atoms with E-state index in [1.165, 1.54) is 23.9 Å². The zero-order valence-corrected chi connectivity index (χ0v) is 16.3. The molecule has 3 aromatic rings. The Hall–Kier alpha value is -2.87. The fraction of sp³-hybridized carbons (Fsp3) is 0.350. The van der Waals surface area contributed by atoms with Gasteiger partial charge in [0, 0.05) is 13.1 Å². The molecular weight excluding hydrogens is 378 g/mol. The fourth-order valence-electron chi connectivity index (χ4n) is 3.37. The molecular formula is C20H21N3O4S. The molecule has 146 valence electrons. The number of piperidine rings is 1. The standard InChI is InChI=1S/C20H21N3O4S/c1-2-27-15-5-6-16-17(10-15)28-20(21-16)22-18(24)13-4-3-8-23(11-13)19(25)14-7-9-26-12-14/h5-7,9-10,12-13H,2-4,8,11H2,1H3,(H,21,22,24). The van der Waals surface area contributed by atoms with Gasteiger partial charge in [-0.25, -0.2) is 4.98 Å². The fourth-order valence-corrected chi connectivity index (χ4v) is 4.26. The van der Waals surface area contributed by atoms with Crippen LogP contribution in [0.4, 0.5) is 5.13 Å². The van der Waals surface area contributed by atoms with E-state index in [4.69, 9.17) is 9.15 Å². The third kappa shape index (κ3) is 3.87. The largest absolute Gasteiger partial charge is 0.494 e. The third-order valence-corrected chi connectivity index (χ3v) is 5.68. The van der Waals surface area contributed by atoms with Crippen LogP contribution in [0.25, 0.3) is 10.2 Å². The van der Waals surface area contributed by atoms with Gasteiger partial charge in [0.2, 0.25) is 5.91 Å². The third-order valence-electron chi connectivity index (χ3n) is 4.75. The number of hydrogen-bond donors (Lipinski definition) is 1. The monoisotopic (exact) mass is 399 g/mol. The normalized spacial score (nSPS) is 16.9. The molecule has 1 aliphatic heterocycles. The average Bonchev–Trinajstić information content (AvgIpc) is 3.37. The molecule has 1 aromatic carbocycles. The SMILES string of the molecule is CCOc1ccc2nc(NC(=O)C3CCCN(C(=O)c4ccoc4)C3)sc2c1. The summed E-state index contributed by atoms with van der Waals surface area (Å²) in [6.45, 7) is 3.58. The Kier molecular flexibility index (Phi) is 5.29. The molecule has 0 radical (unpaired) electrons. The maximum absolute atomic E-state index is 12.7. The van der Waals surface area contributed by atoms with Crippen LogP contribution in [-0.4, -0.2) is 41.4 Å². The van der Waals surface area contributed by atoms with Crippen LogP contribution in [0.3, 0.4) is 0 Å². The van der Waals surface area contributed by atoms with E-state index < -0.39 is 0 Å². The van der Waals surface area contributed by atoms with Crippen LogP contribution in [-0.2, 0) is 4.79 Å². The molecule has 28 heavy (non-hydrogen) atoms. The van der Waals surface area contributed by atoms with E-state index in [0.29, 0.717) is 30.4 Å². The van der Waals surface area contributed by atoms with Gasteiger partial charge in [-0.3, -0.25) is 9.59 Å². The first-order valence-electron chi connectivity index (χ1n) is 9.29. The van der Waals surface area contributed by atoms with Crippen molar-refractivity contribution >= 4 is 38.5 Å². The quantitative estimate of drug-likeness (QED) is 0.706. The van der Waals surface area contributed by atoms with Crippen molar-refractivity contribution in [1.82, 2.24) is 9.88 Å². The van der Waals surface area contributed by atoms with Gasteiger partial charge in [0.1, 0.15) is 12.0 Å². The number of nitrogens with one attached hydrogen (secondary N) is 1. The summed E-state index contributed by atoms with van der Waals surface area (Å²) in [7, 11) is 0. The number of benzene rings is 1. The van der Waals surface area contributed by atoms with Crippen molar-refractivity contribution in [2.45, 2.75) is 19.8 Å². The van der Waals surface area contributed by atoms with Crippen molar-refractivity contribution in [3.63, 3.8) is 0 Å². The Morgan fingerprint density at radius 3 is 3.07 bits per heavy atom. The van der Waals surface area contributed by atoms with Crippen molar-refractivity contribution in [2.75, 3.05) is 25.0 Å². The summed E-state index contributed by atoms with van der Waals surface area (Å²) in [6.07, 6.45) is 4.45. The number of anilines is 1. The van der Waals surface area contributed by atoms with E-state index >= 15 is 0 Å². The number of fused-ring (bicyclic) bond motifs is 1. The average molecular weight is 399 g/mol. The Morgan fingerprint density at radius 1 is 1.39 bits per heavy atom. The number of amides is 2. The van der Waals surface area contributed by atoms with Gasteiger partial charge in [0.05, 0.1) is 34.6 Å². The number of ether oxygens (including phenoxy) is 1. The molecule has 2 aromatic heterocycles. The molecule has 0 saturated carbocycles.